The number of carbonyl (C=O) groups is 1. The van der Waals surface area contributed by atoms with Crippen LogP contribution in [0.3, 0.4) is 0 Å². The summed E-state index contributed by atoms with van der Waals surface area (Å²) in [5, 5.41) is 8.98. The van der Waals surface area contributed by atoms with Crippen LogP contribution < -0.4 is 5.73 Å². The Morgan fingerprint density at radius 2 is 2.44 bits per heavy atom. The van der Waals surface area contributed by atoms with E-state index in [4.69, 9.17) is 15.6 Å². The lowest BCUT2D eigenvalue weighted by Crippen LogP contribution is -2.10. The summed E-state index contributed by atoms with van der Waals surface area (Å²) in [6.07, 6.45) is 2.06. The van der Waals surface area contributed by atoms with Crippen LogP contribution in [0, 0.1) is 0 Å². The van der Waals surface area contributed by atoms with E-state index in [2.05, 4.69) is 11.6 Å². The van der Waals surface area contributed by atoms with E-state index in [1.807, 2.05) is 0 Å². The van der Waals surface area contributed by atoms with E-state index in [1.165, 1.54) is 13.2 Å². The lowest BCUT2D eigenvalue weighted by Gasteiger charge is -2.09. The number of carboxylic acid groups (broad SMARTS) is 1. The quantitative estimate of drug-likeness (QED) is 0.732. The second kappa shape index (κ2) is 5.27. The number of nitrogens with two attached hydrogens (primary N) is 1. The Hall–Kier alpha value is -1.88. The second-order valence-corrected chi connectivity index (χ2v) is 3.25. The summed E-state index contributed by atoms with van der Waals surface area (Å²) >= 11 is 0. The predicted molar refractivity (Wildman–Crippen MR) is 60.2 cm³/mol. The molecule has 3 N–H and O–H groups in total. The number of rotatable bonds is 5. The number of aromatic carboxylic acids is 1. The van der Waals surface area contributed by atoms with Crippen molar-refractivity contribution >= 4 is 11.7 Å². The van der Waals surface area contributed by atoms with E-state index in [9.17, 15) is 4.79 Å². The van der Waals surface area contributed by atoms with Gasteiger partial charge in [-0.3, -0.25) is 4.98 Å². The fraction of sp³-hybridized carbons (Fsp3) is 0.273. The molecule has 16 heavy (non-hydrogen) atoms. The Morgan fingerprint density at radius 3 is 2.94 bits per heavy atom. The fourth-order valence-corrected chi connectivity index (χ4v) is 1.36. The number of ether oxygens (including phenoxy) is 1. The molecule has 0 spiro atoms. The minimum Gasteiger partial charge on any atom is -0.478 e. The van der Waals surface area contributed by atoms with Crippen LogP contribution in [0.25, 0.3) is 0 Å². The third-order valence-corrected chi connectivity index (χ3v) is 2.05. The van der Waals surface area contributed by atoms with Crippen molar-refractivity contribution in [2.45, 2.75) is 13.0 Å². The van der Waals surface area contributed by atoms with Crippen LogP contribution in [0.1, 0.15) is 21.7 Å². The van der Waals surface area contributed by atoms with Crippen molar-refractivity contribution < 1.29 is 14.6 Å². The van der Waals surface area contributed by atoms with Crippen LogP contribution in [-0.4, -0.2) is 23.2 Å². The lowest BCUT2D eigenvalue weighted by atomic mass is 10.1. The molecule has 1 heterocycles. The van der Waals surface area contributed by atoms with E-state index in [0.29, 0.717) is 17.8 Å². The monoisotopic (exact) mass is 222 g/mol. The van der Waals surface area contributed by atoms with Crippen LogP contribution in [0.5, 0.6) is 0 Å². The highest BCUT2D eigenvalue weighted by Gasteiger charge is 2.14. The Kier molecular flexibility index (Phi) is 4.02. The maximum Gasteiger partial charge on any atom is 0.337 e. The molecule has 0 radical (unpaired) electrons. The molecule has 1 aromatic heterocycles. The van der Waals surface area contributed by atoms with Gasteiger partial charge in [0.2, 0.25) is 0 Å². The molecule has 0 aliphatic rings. The molecule has 0 saturated carbocycles. The first-order valence-electron chi connectivity index (χ1n) is 4.71. The molecule has 5 nitrogen and oxygen atoms in total. The molecule has 0 aliphatic heterocycles. The van der Waals surface area contributed by atoms with E-state index in [0.717, 1.165) is 0 Å². The van der Waals surface area contributed by atoms with Crippen molar-refractivity contribution in [2.24, 2.45) is 0 Å². The van der Waals surface area contributed by atoms with Gasteiger partial charge in [0.05, 0.1) is 29.2 Å². The van der Waals surface area contributed by atoms with Crippen molar-refractivity contribution in [3.8, 4) is 0 Å². The predicted octanol–water partition coefficient (Wildman–Crippen LogP) is 1.24. The van der Waals surface area contributed by atoms with Gasteiger partial charge in [0.1, 0.15) is 0 Å². The van der Waals surface area contributed by atoms with Crippen molar-refractivity contribution in [3.05, 3.63) is 35.7 Å². The third kappa shape index (κ3) is 2.58. The molecule has 0 atom stereocenters. The Bertz CT molecular complexity index is 416. The van der Waals surface area contributed by atoms with E-state index < -0.39 is 5.97 Å². The maximum atomic E-state index is 11.0. The first-order chi connectivity index (χ1) is 7.60. The number of methoxy groups -OCH3 is 1. The Morgan fingerprint density at radius 1 is 1.75 bits per heavy atom. The molecule has 1 rings (SSSR count). The molecule has 86 valence electrons. The number of aromatic nitrogens is 1. The maximum absolute atomic E-state index is 11.0. The normalized spacial score (nSPS) is 10.1. The summed E-state index contributed by atoms with van der Waals surface area (Å²) in [5.74, 6) is -1.07. The molecule has 0 bridgehead atoms. The number of nitrogens with zero attached hydrogens (tertiary/aromatic N) is 1. The Labute approximate surface area is 93.6 Å². The molecule has 1 aromatic rings. The molecule has 0 aromatic carbocycles. The Balaban J connectivity index is 3.26. The van der Waals surface area contributed by atoms with Gasteiger partial charge in [0, 0.05) is 13.5 Å². The van der Waals surface area contributed by atoms with Crippen molar-refractivity contribution in [1.29, 1.82) is 0 Å². The van der Waals surface area contributed by atoms with Gasteiger partial charge in [0.15, 0.2) is 0 Å². The standard InChI is InChI=1S/C11H14N2O3/c1-3-4-9-10(12)8(11(14)15)5-7(13-9)6-16-2/h3,5H,1,4,6,12H2,2H3,(H,14,15). The SMILES string of the molecule is C=CCc1nc(COC)cc(C(=O)O)c1N. The molecule has 0 amide bonds. The molecule has 0 saturated heterocycles. The number of anilines is 1. The second-order valence-electron chi connectivity index (χ2n) is 3.25. The highest BCUT2D eigenvalue weighted by atomic mass is 16.5. The van der Waals surface area contributed by atoms with E-state index in [-0.39, 0.29) is 17.9 Å². The third-order valence-electron chi connectivity index (χ3n) is 2.05. The van der Waals surface area contributed by atoms with Crippen LogP contribution >= 0.6 is 0 Å². The van der Waals surface area contributed by atoms with E-state index in [1.54, 1.807) is 6.08 Å². The largest absolute Gasteiger partial charge is 0.478 e. The molecular formula is C11H14N2O3. The van der Waals surface area contributed by atoms with Crippen molar-refractivity contribution in [1.82, 2.24) is 4.98 Å². The highest BCUT2D eigenvalue weighted by Crippen LogP contribution is 2.18. The summed E-state index contributed by atoms with van der Waals surface area (Å²) < 4.78 is 4.91. The van der Waals surface area contributed by atoms with Gasteiger partial charge in [-0.15, -0.1) is 6.58 Å². The zero-order valence-corrected chi connectivity index (χ0v) is 9.06. The van der Waals surface area contributed by atoms with Crippen LogP contribution in [0.4, 0.5) is 5.69 Å². The highest BCUT2D eigenvalue weighted by molar-refractivity contribution is 5.94. The zero-order chi connectivity index (χ0) is 12.1. The molecular weight excluding hydrogens is 208 g/mol. The summed E-state index contributed by atoms with van der Waals surface area (Å²) in [6, 6.07) is 1.42. The number of nitrogen functional groups attached to an aromatic ring is 1. The average molecular weight is 222 g/mol. The van der Waals surface area contributed by atoms with Gasteiger partial charge in [-0.2, -0.15) is 0 Å². The number of hydrogen-bond acceptors (Lipinski definition) is 4. The fourth-order valence-electron chi connectivity index (χ4n) is 1.36. The smallest absolute Gasteiger partial charge is 0.337 e. The topological polar surface area (TPSA) is 85.4 Å². The van der Waals surface area contributed by atoms with Gasteiger partial charge >= 0.3 is 5.97 Å². The molecule has 0 unspecified atom stereocenters. The average Bonchev–Trinajstić information content (AvgIpc) is 2.23. The van der Waals surface area contributed by atoms with Gasteiger partial charge in [0.25, 0.3) is 0 Å². The van der Waals surface area contributed by atoms with Crippen LogP contribution in [0.2, 0.25) is 0 Å². The van der Waals surface area contributed by atoms with Gasteiger partial charge in [-0.25, -0.2) is 4.79 Å². The first-order valence-corrected chi connectivity index (χ1v) is 4.71. The molecule has 0 fully saturated rings. The van der Waals surface area contributed by atoms with Crippen molar-refractivity contribution in [2.75, 3.05) is 12.8 Å². The summed E-state index contributed by atoms with van der Waals surface area (Å²) in [6.45, 7) is 3.83. The van der Waals surface area contributed by atoms with Gasteiger partial charge in [-0.1, -0.05) is 6.08 Å². The summed E-state index contributed by atoms with van der Waals surface area (Å²) in [5.41, 5.74) is 7.01. The number of pyridine rings is 1. The number of carboxylic acids is 1. The van der Waals surface area contributed by atoms with Crippen LogP contribution in [0.15, 0.2) is 18.7 Å². The minimum atomic E-state index is -1.07. The number of hydrogen-bond donors (Lipinski definition) is 2. The summed E-state index contributed by atoms with van der Waals surface area (Å²) in [7, 11) is 1.52. The van der Waals surface area contributed by atoms with Crippen molar-refractivity contribution in [3.63, 3.8) is 0 Å². The van der Waals surface area contributed by atoms with Gasteiger partial charge in [-0.05, 0) is 6.07 Å². The lowest BCUT2D eigenvalue weighted by molar-refractivity contribution is 0.0697. The van der Waals surface area contributed by atoms with E-state index >= 15 is 0 Å². The molecule has 0 aliphatic carbocycles. The summed E-state index contributed by atoms with van der Waals surface area (Å²) in [4.78, 5) is 15.2. The molecule has 5 heteroatoms. The van der Waals surface area contributed by atoms with Crippen LogP contribution in [-0.2, 0) is 17.8 Å². The number of allylic oxidation sites excluding steroid dienone is 1. The van der Waals surface area contributed by atoms with Gasteiger partial charge < -0.3 is 15.6 Å². The minimum absolute atomic E-state index is 0.0545. The first kappa shape index (κ1) is 12.2. The zero-order valence-electron chi connectivity index (χ0n) is 9.06.